The molecule has 0 bridgehead atoms. The number of carbonyl (C=O) groups excluding carboxylic acids is 1. The number of carbonyl (C=O) groups is 1. The van der Waals surface area contributed by atoms with Crippen LogP contribution in [-0.2, 0) is 15.9 Å². The first-order valence-electron chi connectivity index (χ1n) is 5.36. The predicted octanol–water partition coefficient (Wildman–Crippen LogP) is 2.72. The van der Waals surface area contributed by atoms with Crippen molar-refractivity contribution in [2.75, 3.05) is 20.7 Å². The molecule has 0 saturated heterocycles. The summed E-state index contributed by atoms with van der Waals surface area (Å²) < 4.78 is 11.7. The van der Waals surface area contributed by atoms with Gasteiger partial charge in [0.1, 0.15) is 0 Å². The molecule has 1 atom stereocenters. The molecule has 5 heteroatoms. The highest BCUT2D eigenvalue weighted by Crippen LogP contribution is 2.30. The van der Waals surface area contributed by atoms with Gasteiger partial charge in [0.05, 0.1) is 6.61 Å². The van der Waals surface area contributed by atoms with Gasteiger partial charge in [-0.15, -0.1) is 0 Å². The second-order valence-corrected chi connectivity index (χ2v) is 4.99. The van der Waals surface area contributed by atoms with Crippen LogP contribution >= 0.6 is 15.9 Å². The summed E-state index contributed by atoms with van der Waals surface area (Å²) in [5.41, 5.74) is 2.08. The number of ether oxygens (including phenoxy) is 2. The van der Waals surface area contributed by atoms with E-state index in [0.717, 1.165) is 22.0 Å². The highest BCUT2D eigenvalue weighted by molar-refractivity contribution is 9.10. The number of hydrogen-bond donors (Lipinski definition) is 0. The Labute approximate surface area is 109 Å². The Morgan fingerprint density at radius 2 is 2.29 bits per heavy atom. The van der Waals surface area contributed by atoms with Crippen LogP contribution in [0.2, 0.25) is 0 Å². The van der Waals surface area contributed by atoms with Crippen LogP contribution in [0.3, 0.4) is 0 Å². The zero-order valence-corrected chi connectivity index (χ0v) is 11.4. The summed E-state index contributed by atoms with van der Waals surface area (Å²) in [5, 5.41) is 0. The van der Waals surface area contributed by atoms with Gasteiger partial charge in [-0.3, -0.25) is 0 Å². The van der Waals surface area contributed by atoms with Crippen molar-refractivity contribution in [1.82, 2.24) is 4.90 Å². The fourth-order valence-electron chi connectivity index (χ4n) is 1.67. The lowest BCUT2D eigenvalue weighted by Crippen LogP contribution is -2.28. The van der Waals surface area contributed by atoms with Crippen molar-refractivity contribution in [1.29, 1.82) is 0 Å². The molecule has 1 aliphatic heterocycles. The van der Waals surface area contributed by atoms with Gasteiger partial charge in [0.15, 0.2) is 0 Å². The molecular weight excluding hydrogens is 286 g/mol. The summed E-state index contributed by atoms with van der Waals surface area (Å²) in [6, 6.07) is 5.94. The van der Waals surface area contributed by atoms with Crippen LogP contribution in [0.1, 0.15) is 17.4 Å². The topological polar surface area (TPSA) is 38.8 Å². The van der Waals surface area contributed by atoms with Crippen molar-refractivity contribution in [3.63, 3.8) is 0 Å². The summed E-state index contributed by atoms with van der Waals surface area (Å²) in [5.74, 6) is 0. The van der Waals surface area contributed by atoms with Crippen LogP contribution in [0, 0.1) is 0 Å². The summed E-state index contributed by atoms with van der Waals surface area (Å²) in [4.78, 5) is 12.9. The standard InChI is InChI=1S/C12H14BrNO3/c1-14(2)12(15)17-11-10-7-9(13)4-3-8(10)5-6-16-11/h3-4,7,11H,5-6H2,1-2H3. The number of halogens is 1. The molecule has 1 aromatic rings. The second kappa shape index (κ2) is 5.06. The number of hydrogen-bond acceptors (Lipinski definition) is 3. The Kier molecular flexibility index (Phi) is 3.69. The first-order valence-corrected chi connectivity index (χ1v) is 6.15. The Morgan fingerprint density at radius 3 is 3.00 bits per heavy atom. The number of fused-ring (bicyclic) bond motifs is 1. The molecule has 1 amide bonds. The maximum atomic E-state index is 11.5. The van der Waals surface area contributed by atoms with E-state index in [9.17, 15) is 4.79 Å². The normalized spacial score (nSPS) is 18.4. The third kappa shape index (κ3) is 2.79. The van der Waals surface area contributed by atoms with Crippen molar-refractivity contribution < 1.29 is 14.3 Å². The van der Waals surface area contributed by atoms with Crippen LogP contribution in [0.5, 0.6) is 0 Å². The Balaban J connectivity index is 2.22. The van der Waals surface area contributed by atoms with E-state index in [0.29, 0.717) is 6.61 Å². The highest BCUT2D eigenvalue weighted by Gasteiger charge is 2.25. The fraction of sp³-hybridized carbons (Fsp3) is 0.417. The first kappa shape index (κ1) is 12.4. The van der Waals surface area contributed by atoms with Crippen molar-refractivity contribution in [3.05, 3.63) is 33.8 Å². The van der Waals surface area contributed by atoms with Gasteiger partial charge in [0.2, 0.25) is 6.29 Å². The molecule has 0 radical (unpaired) electrons. The summed E-state index contributed by atoms with van der Waals surface area (Å²) in [7, 11) is 3.29. The van der Waals surface area contributed by atoms with E-state index in [1.807, 2.05) is 18.2 Å². The van der Waals surface area contributed by atoms with Crippen molar-refractivity contribution >= 4 is 22.0 Å². The van der Waals surface area contributed by atoms with Gasteiger partial charge in [-0.1, -0.05) is 22.0 Å². The van der Waals surface area contributed by atoms with Gasteiger partial charge in [0, 0.05) is 24.1 Å². The van der Waals surface area contributed by atoms with Crippen molar-refractivity contribution in [3.8, 4) is 0 Å². The maximum absolute atomic E-state index is 11.5. The lowest BCUT2D eigenvalue weighted by Gasteiger charge is -2.26. The smallest absolute Gasteiger partial charge is 0.411 e. The monoisotopic (exact) mass is 299 g/mol. The van der Waals surface area contributed by atoms with Crippen LogP contribution in [0.4, 0.5) is 4.79 Å². The molecular formula is C12H14BrNO3. The zero-order chi connectivity index (χ0) is 12.4. The third-order valence-corrected chi connectivity index (χ3v) is 3.07. The molecule has 1 unspecified atom stereocenters. The van der Waals surface area contributed by atoms with Crippen LogP contribution in [0.25, 0.3) is 0 Å². The quantitative estimate of drug-likeness (QED) is 0.800. The van der Waals surface area contributed by atoms with Gasteiger partial charge in [0.25, 0.3) is 0 Å². The first-order chi connectivity index (χ1) is 8.08. The average molecular weight is 300 g/mol. The van der Waals surface area contributed by atoms with Crippen molar-refractivity contribution in [2.45, 2.75) is 12.7 Å². The van der Waals surface area contributed by atoms with Gasteiger partial charge in [-0.05, 0) is 24.1 Å². The van der Waals surface area contributed by atoms with Crippen LogP contribution in [0.15, 0.2) is 22.7 Å². The van der Waals surface area contributed by atoms with E-state index in [1.54, 1.807) is 14.1 Å². The Hall–Kier alpha value is -1.07. The van der Waals surface area contributed by atoms with E-state index < -0.39 is 12.4 Å². The molecule has 0 saturated carbocycles. The van der Waals surface area contributed by atoms with E-state index in [1.165, 1.54) is 4.90 Å². The Bertz CT molecular complexity index is 434. The minimum Gasteiger partial charge on any atom is -0.415 e. The van der Waals surface area contributed by atoms with Crippen molar-refractivity contribution in [2.24, 2.45) is 0 Å². The van der Waals surface area contributed by atoms with Crippen LogP contribution < -0.4 is 0 Å². The predicted molar refractivity (Wildman–Crippen MR) is 66.7 cm³/mol. The average Bonchev–Trinajstić information content (AvgIpc) is 2.29. The number of rotatable bonds is 1. The van der Waals surface area contributed by atoms with E-state index in [4.69, 9.17) is 9.47 Å². The molecule has 1 heterocycles. The molecule has 0 N–H and O–H groups in total. The lowest BCUT2D eigenvalue weighted by atomic mass is 10.0. The summed E-state index contributed by atoms with van der Waals surface area (Å²) in [6.45, 7) is 0.569. The molecule has 0 aliphatic carbocycles. The minimum absolute atomic E-state index is 0.400. The number of benzene rings is 1. The summed E-state index contributed by atoms with van der Waals surface area (Å²) >= 11 is 3.41. The van der Waals surface area contributed by atoms with Gasteiger partial charge < -0.3 is 14.4 Å². The lowest BCUT2D eigenvalue weighted by molar-refractivity contribution is -0.120. The fourth-order valence-corrected chi connectivity index (χ4v) is 2.05. The SMILES string of the molecule is CN(C)C(=O)OC1OCCc2ccc(Br)cc21. The second-order valence-electron chi connectivity index (χ2n) is 4.07. The summed E-state index contributed by atoms with van der Waals surface area (Å²) in [6.07, 6.45) is -0.160. The Morgan fingerprint density at radius 1 is 1.53 bits per heavy atom. The largest absolute Gasteiger partial charge is 0.415 e. The molecule has 1 aliphatic rings. The van der Waals surface area contributed by atoms with E-state index in [2.05, 4.69) is 15.9 Å². The van der Waals surface area contributed by atoms with E-state index >= 15 is 0 Å². The molecule has 2 rings (SSSR count). The number of amides is 1. The third-order valence-electron chi connectivity index (χ3n) is 2.58. The molecule has 1 aromatic carbocycles. The molecule has 92 valence electrons. The molecule has 0 fully saturated rings. The van der Waals surface area contributed by atoms with Crippen LogP contribution in [-0.4, -0.2) is 31.7 Å². The maximum Gasteiger partial charge on any atom is 0.411 e. The molecule has 0 aromatic heterocycles. The van der Waals surface area contributed by atoms with E-state index in [-0.39, 0.29) is 0 Å². The van der Waals surface area contributed by atoms with Gasteiger partial charge in [-0.2, -0.15) is 0 Å². The van der Waals surface area contributed by atoms with Gasteiger partial charge in [-0.25, -0.2) is 4.79 Å². The minimum atomic E-state index is -0.605. The number of nitrogens with zero attached hydrogens (tertiary/aromatic N) is 1. The zero-order valence-electron chi connectivity index (χ0n) is 9.77. The molecule has 17 heavy (non-hydrogen) atoms. The van der Waals surface area contributed by atoms with Gasteiger partial charge >= 0.3 is 6.09 Å². The molecule has 4 nitrogen and oxygen atoms in total. The molecule has 0 spiro atoms. The highest BCUT2D eigenvalue weighted by atomic mass is 79.9.